The number of esters is 2. The first-order valence-corrected chi connectivity index (χ1v) is 3.62. The zero-order valence-corrected chi connectivity index (χ0v) is 7.61. The summed E-state index contributed by atoms with van der Waals surface area (Å²) < 4.78 is 13.4. The van der Waals surface area contributed by atoms with Crippen LogP contribution in [0.5, 0.6) is 0 Å². The summed E-state index contributed by atoms with van der Waals surface area (Å²) in [4.78, 5) is 21.6. The third-order valence-corrected chi connectivity index (χ3v) is 1.24. The molecule has 0 bridgehead atoms. The third-order valence-electron chi connectivity index (χ3n) is 1.24. The molecule has 2 N–H and O–H groups in total. The second-order valence-electron chi connectivity index (χ2n) is 2.16. The van der Waals surface area contributed by atoms with Crippen LogP contribution in [0.2, 0.25) is 0 Å². The van der Waals surface area contributed by atoms with Gasteiger partial charge in [-0.05, 0) is 0 Å². The number of nitrogens with two attached hydrogens (primary N) is 1. The van der Waals surface area contributed by atoms with Gasteiger partial charge in [-0.25, -0.2) is 9.59 Å². The lowest BCUT2D eigenvalue weighted by molar-refractivity contribution is -0.156. The van der Waals surface area contributed by atoms with E-state index in [2.05, 4.69) is 14.2 Å². The van der Waals surface area contributed by atoms with Crippen LogP contribution in [0.15, 0.2) is 0 Å². The van der Waals surface area contributed by atoms with E-state index in [0.29, 0.717) is 0 Å². The number of hydrogen-bond donors (Lipinski definition) is 1. The number of methoxy groups -OCH3 is 2. The van der Waals surface area contributed by atoms with E-state index in [4.69, 9.17) is 5.73 Å². The molecule has 0 heterocycles. The van der Waals surface area contributed by atoms with E-state index in [1.165, 1.54) is 7.11 Å². The molecule has 0 aromatic heterocycles. The first-order valence-electron chi connectivity index (χ1n) is 3.62. The first-order chi connectivity index (χ1) is 6.13. The Morgan fingerprint density at radius 1 is 1.23 bits per heavy atom. The number of carbonyl (C=O) groups excluding carboxylic acids is 2. The Morgan fingerprint density at radius 3 is 2.31 bits per heavy atom. The molecular formula is C7H13NO5. The number of ether oxygens (including phenoxy) is 3. The van der Waals surface area contributed by atoms with Gasteiger partial charge in [-0.3, -0.25) is 0 Å². The van der Waals surface area contributed by atoms with Gasteiger partial charge in [0.25, 0.3) is 0 Å². The maximum atomic E-state index is 10.9. The van der Waals surface area contributed by atoms with Crippen molar-refractivity contribution < 1.29 is 23.8 Å². The highest BCUT2D eigenvalue weighted by atomic mass is 16.6. The molecule has 0 aromatic carbocycles. The van der Waals surface area contributed by atoms with Crippen molar-refractivity contribution in [3.63, 3.8) is 0 Å². The molecule has 0 radical (unpaired) electrons. The molecule has 0 aliphatic carbocycles. The molecule has 1 unspecified atom stereocenters. The molecule has 6 heteroatoms. The van der Waals surface area contributed by atoms with Crippen LogP contribution in [0.1, 0.15) is 0 Å². The molecule has 0 saturated carbocycles. The van der Waals surface area contributed by atoms with Crippen molar-refractivity contribution >= 4 is 11.9 Å². The van der Waals surface area contributed by atoms with Gasteiger partial charge in [-0.2, -0.15) is 0 Å². The fourth-order valence-electron chi connectivity index (χ4n) is 0.539. The first kappa shape index (κ1) is 11.9. The summed E-state index contributed by atoms with van der Waals surface area (Å²) >= 11 is 0. The Hall–Kier alpha value is -1.14. The van der Waals surface area contributed by atoms with E-state index in [9.17, 15) is 9.59 Å². The molecule has 0 saturated heterocycles. The van der Waals surface area contributed by atoms with Crippen molar-refractivity contribution in [2.75, 3.05) is 27.4 Å². The zero-order chi connectivity index (χ0) is 10.3. The van der Waals surface area contributed by atoms with E-state index < -0.39 is 18.0 Å². The topological polar surface area (TPSA) is 87.9 Å². The Labute approximate surface area is 75.9 Å². The fraction of sp³-hybridized carbons (Fsp3) is 0.714. The lowest BCUT2D eigenvalue weighted by Gasteiger charge is -2.08. The highest BCUT2D eigenvalue weighted by Gasteiger charge is 2.23. The summed E-state index contributed by atoms with van der Waals surface area (Å²) in [7, 11) is 2.61. The Morgan fingerprint density at radius 2 is 1.85 bits per heavy atom. The molecule has 76 valence electrons. The van der Waals surface area contributed by atoms with Crippen molar-refractivity contribution in [3.05, 3.63) is 0 Å². The minimum absolute atomic E-state index is 0.0695. The molecule has 1 atom stereocenters. The minimum Gasteiger partial charge on any atom is -0.467 e. The lowest BCUT2D eigenvalue weighted by Crippen LogP contribution is -2.41. The maximum absolute atomic E-state index is 10.9. The predicted octanol–water partition coefficient (Wildman–Crippen LogP) is -1.32. The molecule has 0 amide bonds. The van der Waals surface area contributed by atoms with E-state index in [-0.39, 0.29) is 13.2 Å². The summed E-state index contributed by atoms with van der Waals surface area (Å²) in [5.74, 6) is -1.63. The summed E-state index contributed by atoms with van der Waals surface area (Å²) in [5.41, 5.74) is 5.16. The molecule has 0 aromatic rings. The van der Waals surface area contributed by atoms with Gasteiger partial charge >= 0.3 is 11.9 Å². The van der Waals surface area contributed by atoms with E-state index in [0.717, 1.165) is 7.11 Å². The van der Waals surface area contributed by atoms with E-state index in [1.54, 1.807) is 0 Å². The maximum Gasteiger partial charge on any atom is 0.334 e. The Bertz CT molecular complexity index is 182. The number of carbonyl (C=O) groups is 2. The van der Waals surface area contributed by atoms with Crippen LogP contribution in [0.3, 0.4) is 0 Å². The standard InChI is InChI=1S/C7H13NO5/c1-11-3-4-13-7(10)5(8)6(9)12-2/h5H,3-4,8H2,1-2H3. The highest BCUT2D eigenvalue weighted by molar-refractivity contribution is 5.98. The lowest BCUT2D eigenvalue weighted by atomic mass is 10.3. The molecule has 0 aliphatic heterocycles. The van der Waals surface area contributed by atoms with Crippen LogP contribution in [-0.2, 0) is 23.8 Å². The second kappa shape index (κ2) is 6.38. The fourth-order valence-corrected chi connectivity index (χ4v) is 0.539. The van der Waals surface area contributed by atoms with Crippen LogP contribution in [0.25, 0.3) is 0 Å². The quantitative estimate of drug-likeness (QED) is 0.329. The van der Waals surface area contributed by atoms with Gasteiger partial charge in [0, 0.05) is 7.11 Å². The monoisotopic (exact) mass is 191 g/mol. The van der Waals surface area contributed by atoms with E-state index >= 15 is 0 Å². The van der Waals surface area contributed by atoms with Crippen LogP contribution in [0, 0.1) is 0 Å². The SMILES string of the molecule is COCCOC(=O)C(N)C(=O)OC. The van der Waals surface area contributed by atoms with Crippen molar-refractivity contribution in [2.24, 2.45) is 5.73 Å². The summed E-state index contributed by atoms with van der Waals surface area (Å²) in [5, 5.41) is 0. The van der Waals surface area contributed by atoms with Gasteiger partial charge in [0.1, 0.15) is 6.61 Å². The van der Waals surface area contributed by atoms with Gasteiger partial charge in [0.15, 0.2) is 0 Å². The van der Waals surface area contributed by atoms with Crippen molar-refractivity contribution in [3.8, 4) is 0 Å². The summed E-state index contributed by atoms with van der Waals surface area (Å²) in [6.07, 6.45) is 0. The zero-order valence-electron chi connectivity index (χ0n) is 7.61. The highest BCUT2D eigenvalue weighted by Crippen LogP contribution is 1.88. The van der Waals surface area contributed by atoms with Gasteiger partial charge in [-0.15, -0.1) is 0 Å². The Balaban J connectivity index is 3.76. The van der Waals surface area contributed by atoms with Gasteiger partial charge < -0.3 is 19.9 Å². The third kappa shape index (κ3) is 4.44. The molecular weight excluding hydrogens is 178 g/mol. The molecule has 0 aliphatic rings. The van der Waals surface area contributed by atoms with Crippen molar-refractivity contribution in [1.82, 2.24) is 0 Å². The van der Waals surface area contributed by atoms with Crippen LogP contribution in [-0.4, -0.2) is 45.4 Å². The van der Waals surface area contributed by atoms with Crippen LogP contribution in [0.4, 0.5) is 0 Å². The number of hydrogen-bond acceptors (Lipinski definition) is 6. The average molecular weight is 191 g/mol. The molecule has 6 nitrogen and oxygen atoms in total. The van der Waals surface area contributed by atoms with Gasteiger partial charge in [0.05, 0.1) is 13.7 Å². The van der Waals surface area contributed by atoms with Gasteiger partial charge in [0.2, 0.25) is 6.04 Å². The van der Waals surface area contributed by atoms with Gasteiger partial charge in [-0.1, -0.05) is 0 Å². The normalized spacial score (nSPS) is 11.9. The van der Waals surface area contributed by atoms with E-state index in [1.807, 2.05) is 0 Å². The number of rotatable bonds is 5. The molecule has 0 fully saturated rings. The van der Waals surface area contributed by atoms with Crippen LogP contribution < -0.4 is 5.73 Å². The largest absolute Gasteiger partial charge is 0.467 e. The molecule has 13 heavy (non-hydrogen) atoms. The second-order valence-corrected chi connectivity index (χ2v) is 2.16. The smallest absolute Gasteiger partial charge is 0.334 e. The van der Waals surface area contributed by atoms with Crippen molar-refractivity contribution in [1.29, 1.82) is 0 Å². The Kier molecular flexibility index (Phi) is 5.82. The molecule has 0 spiro atoms. The molecule has 0 rings (SSSR count). The minimum atomic E-state index is -1.37. The summed E-state index contributed by atoms with van der Waals surface area (Å²) in [6.45, 7) is 0.333. The van der Waals surface area contributed by atoms with Crippen molar-refractivity contribution in [2.45, 2.75) is 6.04 Å². The average Bonchev–Trinajstić information content (AvgIpc) is 2.15. The predicted molar refractivity (Wildman–Crippen MR) is 42.8 cm³/mol. The van der Waals surface area contributed by atoms with Crippen LogP contribution >= 0.6 is 0 Å². The summed E-state index contributed by atoms with van der Waals surface area (Å²) in [6, 6.07) is -1.37.